The van der Waals surface area contributed by atoms with Crippen molar-refractivity contribution in [3.8, 4) is 0 Å². The molecule has 1 aromatic carbocycles. The van der Waals surface area contributed by atoms with Gasteiger partial charge in [0.25, 0.3) is 0 Å². The SMILES string of the molecule is O=C(O)NCC1CN(c2ccc(C(F)(F)F)cc2)c2ccnn2C1. The van der Waals surface area contributed by atoms with Crippen LogP contribution in [0.4, 0.5) is 29.5 Å². The number of nitrogens with one attached hydrogen (secondary N) is 1. The third-order valence-electron chi connectivity index (χ3n) is 3.89. The number of amides is 1. The summed E-state index contributed by atoms with van der Waals surface area (Å²) in [4.78, 5) is 12.5. The van der Waals surface area contributed by atoms with Crippen LogP contribution >= 0.6 is 0 Å². The van der Waals surface area contributed by atoms with Gasteiger partial charge in [-0.25, -0.2) is 9.48 Å². The maximum atomic E-state index is 12.7. The number of hydrogen-bond donors (Lipinski definition) is 2. The Kier molecular flexibility index (Phi) is 4.08. The topological polar surface area (TPSA) is 70.4 Å². The van der Waals surface area contributed by atoms with E-state index in [4.69, 9.17) is 5.11 Å². The van der Waals surface area contributed by atoms with Crippen LogP contribution in [-0.4, -0.2) is 34.1 Å². The molecule has 0 fully saturated rings. The molecule has 0 saturated heterocycles. The molecule has 1 unspecified atom stereocenters. The lowest BCUT2D eigenvalue weighted by atomic mass is 10.1. The predicted molar refractivity (Wildman–Crippen MR) is 80.2 cm³/mol. The molecule has 3 rings (SSSR count). The number of anilines is 2. The fourth-order valence-corrected chi connectivity index (χ4v) is 2.78. The van der Waals surface area contributed by atoms with Crippen LogP contribution in [0.25, 0.3) is 0 Å². The highest BCUT2D eigenvalue weighted by Gasteiger charge is 2.31. The van der Waals surface area contributed by atoms with E-state index in [1.54, 1.807) is 16.9 Å². The van der Waals surface area contributed by atoms with Gasteiger partial charge in [-0.3, -0.25) is 0 Å². The van der Waals surface area contributed by atoms with Gasteiger partial charge >= 0.3 is 12.3 Å². The van der Waals surface area contributed by atoms with Gasteiger partial charge in [-0.05, 0) is 24.3 Å². The van der Waals surface area contributed by atoms with Crippen LogP contribution in [0.1, 0.15) is 5.56 Å². The largest absolute Gasteiger partial charge is 0.465 e. The first-order valence-electron chi connectivity index (χ1n) is 7.28. The van der Waals surface area contributed by atoms with Gasteiger partial charge in [-0.1, -0.05) is 0 Å². The standard InChI is InChI=1S/C15H15F3N4O2/c16-15(17,18)11-1-3-12(4-2-11)21-8-10(7-19-14(23)24)9-22-13(21)5-6-20-22/h1-6,10,19H,7-9H2,(H,23,24). The van der Waals surface area contributed by atoms with E-state index in [0.29, 0.717) is 18.8 Å². The zero-order valence-electron chi connectivity index (χ0n) is 12.5. The Labute approximate surface area is 135 Å². The highest BCUT2D eigenvalue weighted by molar-refractivity contribution is 5.64. The molecule has 1 aliphatic rings. The van der Waals surface area contributed by atoms with Gasteiger partial charge in [0.1, 0.15) is 5.82 Å². The molecule has 2 aromatic rings. The van der Waals surface area contributed by atoms with E-state index < -0.39 is 17.8 Å². The normalized spacial score (nSPS) is 17.5. The average molecular weight is 340 g/mol. The maximum Gasteiger partial charge on any atom is 0.416 e. The van der Waals surface area contributed by atoms with Crippen molar-refractivity contribution in [1.29, 1.82) is 0 Å². The molecule has 1 atom stereocenters. The fourth-order valence-electron chi connectivity index (χ4n) is 2.78. The van der Waals surface area contributed by atoms with Crippen molar-refractivity contribution in [3.05, 3.63) is 42.1 Å². The van der Waals surface area contributed by atoms with E-state index in [1.807, 2.05) is 4.90 Å². The van der Waals surface area contributed by atoms with E-state index in [2.05, 4.69) is 10.4 Å². The second-order valence-electron chi connectivity index (χ2n) is 5.58. The van der Waals surface area contributed by atoms with Crippen molar-refractivity contribution in [2.75, 3.05) is 18.0 Å². The Hall–Kier alpha value is -2.71. The third kappa shape index (κ3) is 3.29. The van der Waals surface area contributed by atoms with Crippen LogP contribution in [0.2, 0.25) is 0 Å². The van der Waals surface area contributed by atoms with E-state index in [1.165, 1.54) is 12.1 Å². The highest BCUT2D eigenvalue weighted by atomic mass is 19.4. The lowest BCUT2D eigenvalue weighted by Gasteiger charge is -2.34. The van der Waals surface area contributed by atoms with Crippen LogP contribution in [0, 0.1) is 5.92 Å². The van der Waals surface area contributed by atoms with Crippen LogP contribution in [0.5, 0.6) is 0 Å². The van der Waals surface area contributed by atoms with Crippen molar-refractivity contribution in [3.63, 3.8) is 0 Å². The number of halogens is 3. The van der Waals surface area contributed by atoms with E-state index in [-0.39, 0.29) is 12.5 Å². The summed E-state index contributed by atoms with van der Waals surface area (Å²) in [5, 5.41) is 15.3. The van der Waals surface area contributed by atoms with Crippen molar-refractivity contribution in [1.82, 2.24) is 15.1 Å². The summed E-state index contributed by atoms with van der Waals surface area (Å²) in [5.41, 5.74) is -0.106. The van der Waals surface area contributed by atoms with Gasteiger partial charge in [0, 0.05) is 37.3 Å². The average Bonchev–Trinajstić information content (AvgIpc) is 3.00. The van der Waals surface area contributed by atoms with Crippen molar-refractivity contribution in [2.24, 2.45) is 5.92 Å². The summed E-state index contributed by atoms with van der Waals surface area (Å²) in [6.45, 7) is 1.27. The minimum absolute atomic E-state index is 0.0456. The zero-order chi connectivity index (χ0) is 17.3. The van der Waals surface area contributed by atoms with Crippen LogP contribution in [-0.2, 0) is 12.7 Å². The monoisotopic (exact) mass is 340 g/mol. The van der Waals surface area contributed by atoms with E-state index in [9.17, 15) is 18.0 Å². The molecule has 0 radical (unpaired) electrons. The molecule has 9 heteroatoms. The van der Waals surface area contributed by atoms with Crippen molar-refractivity contribution >= 4 is 17.6 Å². The summed E-state index contributed by atoms with van der Waals surface area (Å²) >= 11 is 0. The van der Waals surface area contributed by atoms with Gasteiger partial charge in [0.2, 0.25) is 0 Å². The van der Waals surface area contributed by atoms with Gasteiger partial charge < -0.3 is 15.3 Å². The van der Waals surface area contributed by atoms with Gasteiger partial charge in [0.05, 0.1) is 11.8 Å². The van der Waals surface area contributed by atoms with Crippen molar-refractivity contribution < 1.29 is 23.1 Å². The molecular formula is C15H15F3N4O2. The number of hydrogen-bond acceptors (Lipinski definition) is 3. The first-order valence-corrected chi connectivity index (χ1v) is 7.28. The second kappa shape index (κ2) is 6.06. The Morgan fingerprint density at radius 3 is 2.58 bits per heavy atom. The molecule has 2 heterocycles. The zero-order valence-corrected chi connectivity index (χ0v) is 12.5. The molecule has 128 valence electrons. The summed E-state index contributed by atoms with van der Waals surface area (Å²) in [6.07, 6.45) is -3.88. The van der Waals surface area contributed by atoms with E-state index in [0.717, 1.165) is 18.0 Å². The fraction of sp³-hybridized carbons (Fsp3) is 0.333. The summed E-state index contributed by atoms with van der Waals surface area (Å²) < 4.78 is 39.8. The second-order valence-corrected chi connectivity index (χ2v) is 5.58. The number of aromatic nitrogens is 2. The molecule has 2 N–H and O–H groups in total. The van der Waals surface area contributed by atoms with Crippen LogP contribution in [0.15, 0.2) is 36.5 Å². The Morgan fingerprint density at radius 1 is 1.25 bits per heavy atom. The minimum Gasteiger partial charge on any atom is -0.465 e. The minimum atomic E-state index is -4.38. The lowest BCUT2D eigenvalue weighted by molar-refractivity contribution is -0.137. The molecule has 24 heavy (non-hydrogen) atoms. The number of fused-ring (bicyclic) bond motifs is 1. The summed E-state index contributed by atoms with van der Waals surface area (Å²) in [7, 11) is 0. The quantitative estimate of drug-likeness (QED) is 0.901. The molecule has 1 aliphatic heterocycles. The molecule has 0 aliphatic carbocycles. The number of alkyl halides is 3. The maximum absolute atomic E-state index is 12.7. The Morgan fingerprint density at radius 2 is 1.96 bits per heavy atom. The predicted octanol–water partition coefficient (Wildman–Crippen LogP) is 2.94. The number of carbonyl (C=O) groups is 1. The Bertz CT molecular complexity index is 727. The molecule has 1 amide bonds. The van der Waals surface area contributed by atoms with E-state index >= 15 is 0 Å². The number of benzene rings is 1. The molecule has 1 aromatic heterocycles. The molecule has 6 nitrogen and oxygen atoms in total. The van der Waals surface area contributed by atoms with Gasteiger partial charge in [-0.15, -0.1) is 0 Å². The number of carboxylic acid groups (broad SMARTS) is 1. The molecule has 0 spiro atoms. The molecule has 0 bridgehead atoms. The first-order chi connectivity index (χ1) is 11.3. The third-order valence-corrected chi connectivity index (χ3v) is 3.89. The van der Waals surface area contributed by atoms with Gasteiger partial charge in [0.15, 0.2) is 0 Å². The highest BCUT2D eigenvalue weighted by Crippen LogP contribution is 2.34. The summed E-state index contributed by atoms with van der Waals surface area (Å²) in [5.74, 6) is 0.720. The molecular weight excluding hydrogens is 325 g/mol. The van der Waals surface area contributed by atoms with Crippen molar-refractivity contribution in [2.45, 2.75) is 12.7 Å². The smallest absolute Gasteiger partial charge is 0.416 e. The summed E-state index contributed by atoms with van der Waals surface area (Å²) in [6, 6.07) is 6.67. The lowest BCUT2D eigenvalue weighted by Crippen LogP contribution is -2.41. The van der Waals surface area contributed by atoms with Crippen LogP contribution < -0.4 is 10.2 Å². The van der Waals surface area contributed by atoms with Gasteiger partial charge in [-0.2, -0.15) is 18.3 Å². The first kappa shape index (κ1) is 16.2. The number of nitrogens with zero attached hydrogens (tertiary/aromatic N) is 3. The molecule has 0 saturated carbocycles. The Balaban J connectivity index is 1.85. The van der Waals surface area contributed by atoms with Crippen LogP contribution in [0.3, 0.4) is 0 Å². The number of rotatable bonds is 3.